The van der Waals surface area contributed by atoms with Crippen LogP contribution >= 0.6 is 0 Å². The molecule has 2 aliphatic carbocycles. The Kier molecular flexibility index (Phi) is 5.09. The predicted octanol–water partition coefficient (Wildman–Crippen LogP) is 6.41. The third kappa shape index (κ3) is 3.26. The van der Waals surface area contributed by atoms with Crippen molar-refractivity contribution in [2.45, 2.75) is 33.6 Å². The monoisotopic (exact) mass is 312 g/mol. The van der Waals surface area contributed by atoms with E-state index in [0.717, 1.165) is 23.3 Å². The molecule has 0 aromatic carbocycles. The van der Waals surface area contributed by atoms with Crippen LogP contribution in [0.5, 0.6) is 0 Å². The number of allylic oxidation sites excluding steroid dienone is 10. The van der Waals surface area contributed by atoms with Crippen molar-refractivity contribution >= 4 is 0 Å². The van der Waals surface area contributed by atoms with E-state index in [0.29, 0.717) is 12.8 Å². The Morgan fingerprint density at radius 2 is 1.59 bits per heavy atom. The normalized spacial score (nSPS) is 39.2. The molecule has 2 rings (SSSR count). The Bertz CT molecular complexity index is 601. The maximum absolute atomic E-state index is 14.4. The maximum Gasteiger partial charge on any atom is 0.154 e. The molecule has 3 atom stereocenters. The Labute approximate surface area is 128 Å². The fourth-order valence-corrected chi connectivity index (χ4v) is 3.13. The SMILES string of the molecule is CC(C)=C1/C=C\C(F)=C(\F)C2C(C/C=C\C(F)=C(\F)C2C)C1. The summed E-state index contributed by atoms with van der Waals surface area (Å²) >= 11 is 0. The van der Waals surface area contributed by atoms with Gasteiger partial charge in [0.2, 0.25) is 0 Å². The van der Waals surface area contributed by atoms with Gasteiger partial charge in [0.1, 0.15) is 11.7 Å². The second-order valence-electron chi connectivity index (χ2n) is 6.17. The highest BCUT2D eigenvalue weighted by molar-refractivity contribution is 5.34. The topological polar surface area (TPSA) is 0 Å². The van der Waals surface area contributed by atoms with Gasteiger partial charge in [-0.1, -0.05) is 24.6 Å². The van der Waals surface area contributed by atoms with E-state index in [-0.39, 0.29) is 5.92 Å². The van der Waals surface area contributed by atoms with Crippen LogP contribution in [0.1, 0.15) is 33.6 Å². The molecule has 2 aliphatic rings. The molecule has 0 aliphatic heterocycles. The number of fused-ring (bicyclic) bond motifs is 1. The minimum atomic E-state index is -1.04. The Hall–Kier alpha value is -1.58. The van der Waals surface area contributed by atoms with Crippen LogP contribution in [0.4, 0.5) is 17.6 Å². The van der Waals surface area contributed by atoms with Crippen molar-refractivity contribution in [1.82, 2.24) is 0 Å². The highest BCUT2D eigenvalue weighted by Crippen LogP contribution is 2.44. The van der Waals surface area contributed by atoms with Crippen LogP contribution in [-0.2, 0) is 0 Å². The van der Waals surface area contributed by atoms with Crippen molar-refractivity contribution < 1.29 is 17.6 Å². The zero-order valence-electron chi connectivity index (χ0n) is 13.0. The van der Waals surface area contributed by atoms with E-state index in [2.05, 4.69) is 0 Å². The van der Waals surface area contributed by atoms with E-state index < -0.39 is 35.1 Å². The first-order valence-corrected chi connectivity index (χ1v) is 7.44. The van der Waals surface area contributed by atoms with Gasteiger partial charge in [-0.15, -0.1) is 0 Å². The van der Waals surface area contributed by atoms with Gasteiger partial charge in [0.25, 0.3) is 0 Å². The fourth-order valence-electron chi connectivity index (χ4n) is 3.13. The minimum absolute atomic E-state index is 0.314. The average Bonchev–Trinajstić information content (AvgIpc) is 2.46. The molecule has 22 heavy (non-hydrogen) atoms. The largest absolute Gasteiger partial charge is 0.208 e. The van der Waals surface area contributed by atoms with E-state index in [1.54, 1.807) is 6.08 Å². The van der Waals surface area contributed by atoms with E-state index in [1.165, 1.54) is 13.0 Å². The summed E-state index contributed by atoms with van der Waals surface area (Å²) in [5.74, 6) is -6.36. The van der Waals surface area contributed by atoms with Gasteiger partial charge in [0.05, 0.1) is 0 Å². The minimum Gasteiger partial charge on any atom is -0.208 e. The van der Waals surface area contributed by atoms with Gasteiger partial charge < -0.3 is 0 Å². The van der Waals surface area contributed by atoms with Crippen molar-refractivity contribution in [1.29, 1.82) is 0 Å². The zero-order valence-corrected chi connectivity index (χ0v) is 13.0. The second kappa shape index (κ2) is 6.67. The smallest absolute Gasteiger partial charge is 0.154 e. The standard InChI is InChI=1S/C18H20F4/c1-10(2)12-7-8-15(20)18(22)16-11(3)17(21)14(19)6-4-5-13(16)9-12/h4,6-8,11,13,16H,5,9H2,1-3H3/b6-4-,8-7-,17-14-,18-15-. The lowest BCUT2D eigenvalue weighted by molar-refractivity contribution is 0.227. The molecule has 0 saturated heterocycles. The molecule has 0 radical (unpaired) electrons. The van der Waals surface area contributed by atoms with Crippen LogP contribution < -0.4 is 0 Å². The quantitative estimate of drug-likeness (QED) is 0.453. The summed E-state index contributed by atoms with van der Waals surface area (Å²) in [5.41, 5.74) is 1.91. The molecular formula is C18H20F4. The average molecular weight is 312 g/mol. The molecular weight excluding hydrogens is 292 g/mol. The van der Waals surface area contributed by atoms with Gasteiger partial charge >= 0.3 is 0 Å². The molecule has 3 unspecified atom stereocenters. The molecule has 120 valence electrons. The Morgan fingerprint density at radius 3 is 2.23 bits per heavy atom. The van der Waals surface area contributed by atoms with Crippen molar-refractivity contribution in [3.63, 3.8) is 0 Å². The highest BCUT2D eigenvalue weighted by atomic mass is 19.2. The summed E-state index contributed by atoms with van der Waals surface area (Å²) in [6, 6.07) is 0. The van der Waals surface area contributed by atoms with E-state index in [1.807, 2.05) is 13.8 Å². The molecule has 0 spiro atoms. The molecule has 0 aromatic heterocycles. The third-order valence-corrected chi connectivity index (χ3v) is 4.45. The summed E-state index contributed by atoms with van der Waals surface area (Å²) in [4.78, 5) is 0. The van der Waals surface area contributed by atoms with E-state index in [4.69, 9.17) is 0 Å². The van der Waals surface area contributed by atoms with Crippen LogP contribution in [0.25, 0.3) is 0 Å². The van der Waals surface area contributed by atoms with Gasteiger partial charge in [-0.25, -0.2) is 17.6 Å². The highest BCUT2D eigenvalue weighted by Gasteiger charge is 2.37. The van der Waals surface area contributed by atoms with Gasteiger partial charge in [-0.05, 0) is 50.3 Å². The summed E-state index contributed by atoms with van der Waals surface area (Å²) in [6.45, 7) is 5.21. The lowest BCUT2D eigenvalue weighted by Crippen LogP contribution is -2.26. The molecule has 0 nitrogen and oxygen atoms in total. The lowest BCUT2D eigenvalue weighted by atomic mass is 9.73. The number of hydrogen-bond donors (Lipinski definition) is 0. The van der Waals surface area contributed by atoms with Crippen LogP contribution in [0, 0.1) is 17.8 Å². The molecule has 4 heteroatoms. The summed E-state index contributed by atoms with van der Waals surface area (Å²) in [5, 5.41) is 0. The van der Waals surface area contributed by atoms with Crippen molar-refractivity contribution in [3.8, 4) is 0 Å². The number of rotatable bonds is 0. The third-order valence-electron chi connectivity index (χ3n) is 4.45. The zero-order chi connectivity index (χ0) is 16.4. The van der Waals surface area contributed by atoms with Crippen LogP contribution in [-0.4, -0.2) is 0 Å². The summed E-state index contributed by atoms with van der Waals surface area (Å²) < 4.78 is 56.1. The molecule has 0 fully saturated rings. The number of halogens is 4. The van der Waals surface area contributed by atoms with E-state index in [9.17, 15) is 17.6 Å². The van der Waals surface area contributed by atoms with Crippen LogP contribution in [0.3, 0.4) is 0 Å². The first-order chi connectivity index (χ1) is 10.3. The molecule has 0 aromatic rings. The first kappa shape index (κ1) is 16.8. The van der Waals surface area contributed by atoms with Gasteiger partial charge in [0, 0.05) is 11.8 Å². The molecule has 0 N–H and O–H groups in total. The van der Waals surface area contributed by atoms with Gasteiger partial charge in [0.15, 0.2) is 11.7 Å². The first-order valence-electron chi connectivity index (χ1n) is 7.44. The summed E-state index contributed by atoms with van der Waals surface area (Å²) in [6.07, 6.45) is 6.11. The second-order valence-corrected chi connectivity index (χ2v) is 6.17. The van der Waals surface area contributed by atoms with Gasteiger partial charge in [-0.3, -0.25) is 0 Å². The molecule has 0 bridgehead atoms. The fraction of sp³-hybridized carbons (Fsp3) is 0.444. The van der Waals surface area contributed by atoms with Crippen molar-refractivity contribution in [2.24, 2.45) is 17.8 Å². The Balaban J connectivity index is 2.57. The predicted molar refractivity (Wildman–Crippen MR) is 80.5 cm³/mol. The van der Waals surface area contributed by atoms with E-state index >= 15 is 0 Å². The lowest BCUT2D eigenvalue weighted by Gasteiger charge is -2.32. The maximum atomic E-state index is 14.4. The van der Waals surface area contributed by atoms with Gasteiger partial charge in [-0.2, -0.15) is 0 Å². The Morgan fingerprint density at radius 1 is 0.955 bits per heavy atom. The van der Waals surface area contributed by atoms with Crippen molar-refractivity contribution in [2.75, 3.05) is 0 Å². The van der Waals surface area contributed by atoms with Crippen LogP contribution in [0.2, 0.25) is 0 Å². The molecule has 0 saturated carbocycles. The number of hydrogen-bond acceptors (Lipinski definition) is 0. The molecule has 0 amide bonds. The van der Waals surface area contributed by atoms with Crippen molar-refractivity contribution in [3.05, 3.63) is 58.8 Å². The summed E-state index contributed by atoms with van der Waals surface area (Å²) in [7, 11) is 0. The van der Waals surface area contributed by atoms with Crippen LogP contribution in [0.15, 0.2) is 58.8 Å². The molecule has 0 heterocycles.